The third-order valence-corrected chi connectivity index (χ3v) is 2.42. The predicted octanol–water partition coefficient (Wildman–Crippen LogP) is 1.86. The van der Waals surface area contributed by atoms with Gasteiger partial charge in [0, 0.05) is 13.2 Å². The highest BCUT2D eigenvalue weighted by Gasteiger charge is 2.08. The predicted molar refractivity (Wildman–Crippen MR) is 56.2 cm³/mol. The van der Waals surface area contributed by atoms with E-state index in [4.69, 9.17) is 0 Å². The molecule has 0 spiro atoms. The smallest absolute Gasteiger partial charge is 0.232 e. The zero-order chi connectivity index (χ0) is 10.8. The van der Waals surface area contributed by atoms with Crippen LogP contribution in [0.5, 0.6) is 0 Å². The molecule has 0 aromatic carbocycles. The van der Waals surface area contributed by atoms with Crippen molar-refractivity contribution in [3.05, 3.63) is 29.1 Å². The Kier molecular flexibility index (Phi) is 2.63. The van der Waals surface area contributed by atoms with E-state index < -0.39 is 5.95 Å². The van der Waals surface area contributed by atoms with Gasteiger partial charge in [-0.05, 0) is 15.9 Å². The van der Waals surface area contributed by atoms with Crippen LogP contribution in [0.2, 0.25) is 0 Å². The molecule has 0 unspecified atom stereocenters. The summed E-state index contributed by atoms with van der Waals surface area (Å²) >= 11 is 3.05. The third kappa shape index (κ3) is 2.12. The number of hydrogen-bond acceptors (Lipinski definition) is 4. The molecular weight excluding hydrogens is 265 g/mol. The lowest BCUT2D eigenvalue weighted by Crippen LogP contribution is -1.97. The first kappa shape index (κ1) is 10.0. The Morgan fingerprint density at radius 2 is 2.27 bits per heavy atom. The van der Waals surface area contributed by atoms with E-state index in [9.17, 15) is 4.39 Å². The van der Waals surface area contributed by atoms with Crippen molar-refractivity contribution in [1.82, 2.24) is 19.7 Å². The van der Waals surface area contributed by atoms with E-state index in [-0.39, 0.29) is 4.47 Å². The van der Waals surface area contributed by atoms with Crippen LogP contribution in [0.15, 0.2) is 23.2 Å². The summed E-state index contributed by atoms with van der Waals surface area (Å²) in [6, 6.07) is 0. The van der Waals surface area contributed by atoms with Crippen molar-refractivity contribution >= 4 is 27.4 Å². The molecule has 2 aromatic rings. The molecule has 2 rings (SSSR count). The highest BCUT2D eigenvalue weighted by atomic mass is 79.9. The van der Waals surface area contributed by atoms with E-state index in [1.165, 1.54) is 0 Å². The van der Waals surface area contributed by atoms with Crippen molar-refractivity contribution in [1.29, 1.82) is 0 Å². The van der Waals surface area contributed by atoms with Gasteiger partial charge in [-0.1, -0.05) is 0 Å². The van der Waals surface area contributed by atoms with Crippen LogP contribution in [-0.4, -0.2) is 19.7 Å². The fraction of sp³-hybridized carbons (Fsp3) is 0.125. The maximum absolute atomic E-state index is 13.0. The van der Waals surface area contributed by atoms with E-state index in [0.29, 0.717) is 5.82 Å². The highest BCUT2D eigenvalue weighted by Crippen LogP contribution is 2.24. The summed E-state index contributed by atoms with van der Waals surface area (Å²) in [6.07, 6.45) is 4.53. The van der Waals surface area contributed by atoms with E-state index in [0.717, 1.165) is 12.0 Å². The molecule has 0 atom stereocenters. The number of halogens is 2. The molecule has 5 nitrogen and oxygen atoms in total. The standard InChI is InChI=1S/C8H7BrFN5/c1-15-3-5(2-13-15)14-8-6(9)7(10)11-4-12-8/h2-4H,1H3,(H,11,12,14). The Bertz CT molecular complexity index is 484. The van der Waals surface area contributed by atoms with Crippen LogP contribution in [0.3, 0.4) is 0 Å². The van der Waals surface area contributed by atoms with Gasteiger partial charge in [-0.2, -0.15) is 9.49 Å². The van der Waals surface area contributed by atoms with Gasteiger partial charge >= 0.3 is 0 Å². The van der Waals surface area contributed by atoms with Gasteiger partial charge in [-0.15, -0.1) is 0 Å². The Morgan fingerprint density at radius 3 is 2.93 bits per heavy atom. The number of rotatable bonds is 2. The lowest BCUT2D eigenvalue weighted by Gasteiger charge is -2.03. The summed E-state index contributed by atoms with van der Waals surface area (Å²) in [4.78, 5) is 7.30. The van der Waals surface area contributed by atoms with E-state index in [2.05, 4.69) is 36.3 Å². The van der Waals surface area contributed by atoms with E-state index in [1.54, 1.807) is 24.1 Å². The van der Waals surface area contributed by atoms with Gasteiger partial charge in [-0.3, -0.25) is 4.68 Å². The fourth-order valence-corrected chi connectivity index (χ4v) is 1.36. The summed E-state index contributed by atoms with van der Waals surface area (Å²) in [5.41, 5.74) is 0.733. The average molecular weight is 272 g/mol. The zero-order valence-electron chi connectivity index (χ0n) is 7.78. The van der Waals surface area contributed by atoms with Crippen LogP contribution in [0.25, 0.3) is 0 Å². The summed E-state index contributed by atoms with van der Waals surface area (Å²) < 4.78 is 14.9. The first-order chi connectivity index (χ1) is 7.16. The third-order valence-electron chi connectivity index (χ3n) is 1.71. The highest BCUT2D eigenvalue weighted by molar-refractivity contribution is 9.10. The minimum Gasteiger partial charge on any atom is -0.337 e. The second kappa shape index (κ2) is 3.93. The molecule has 0 bridgehead atoms. The lowest BCUT2D eigenvalue weighted by atomic mass is 10.5. The van der Waals surface area contributed by atoms with Gasteiger partial charge < -0.3 is 5.32 Å². The van der Waals surface area contributed by atoms with Crippen LogP contribution in [0.4, 0.5) is 15.9 Å². The van der Waals surface area contributed by atoms with Gasteiger partial charge in [-0.25, -0.2) is 9.97 Å². The Balaban J connectivity index is 2.28. The van der Waals surface area contributed by atoms with Crippen molar-refractivity contribution in [2.75, 3.05) is 5.32 Å². The Morgan fingerprint density at radius 1 is 1.47 bits per heavy atom. The normalized spacial score (nSPS) is 10.3. The van der Waals surface area contributed by atoms with Gasteiger partial charge in [0.15, 0.2) is 5.82 Å². The number of anilines is 2. The maximum Gasteiger partial charge on any atom is 0.232 e. The quantitative estimate of drug-likeness (QED) is 0.848. The van der Waals surface area contributed by atoms with E-state index >= 15 is 0 Å². The SMILES string of the molecule is Cn1cc(Nc2ncnc(F)c2Br)cn1. The first-order valence-corrected chi connectivity index (χ1v) is 4.88. The second-order valence-corrected chi connectivity index (χ2v) is 3.65. The minimum absolute atomic E-state index is 0.203. The second-order valence-electron chi connectivity index (χ2n) is 2.85. The molecule has 7 heteroatoms. The molecule has 0 aliphatic heterocycles. The lowest BCUT2D eigenvalue weighted by molar-refractivity contribution is 0.573. The zero-order valence-corrected chi connectivity index (χ0v) is 9.36. The molecule has 0 aliphatic rings. The van der Waals surface area contributed by atoms with Crippen LogP contribution < -0.4 is 5.32 Å². The number of aromatic nitrogens is 4. The topological polar surface area (TPSA) is 55.6 Å². The molecule has 0 amide bonds. The van der Waals surface area contributed by atoms with Crippen LogP contribution >= 0.6 is 15.9 Å². The number of nitrogens with one attached hydrogen (secondary N) is 1. The van der Waals surface area contributed by atoms with Gasteiger partial charge in [0.25, 0.3) is 0 Å². The largest absolute Gasteiger partial charge is 0.337 e. The fourth-order valence-electron chi connectivity index (χ4n) is 1.06. The molecule has 0 fully saturated rings. The minimum atomic E-state index is -0.601. The van der Waals surface area contributed by atoms with Crippen molar-refractivity contribution in [2.24, 2.45) is 7.05 Å². The van der Waals surface area contributed by atoms with Gasteiger partial charge in [0.05, 0.1) is 11.9 Å². The van der Waals surface area contributed by atoms with Gasteiger partial charge in [0.1, 0.15) is 10.8 Å². The molecule has 0 aliphatic carbocycles. The Hall–Kier alpha value is -1.50. The number of hydrogen-bond donors (Lipinski definition) is 1. The molecule has 2 aromatic heterocycles. The summed E-state index contributed by atoms with van der Waals surface area (Å²) in [5, 5.41) is 6.88. The van der Waals surface area contributed by atoms with Crippen LogP contribution in [0, 0.1) is 5.95 Å². The molecule has 0 saturated heterocycles. The molecule has 0 saturated carbocycles. The van der Waals surface area contributed by atoms with Crippen molar-refractivity contribution in [3.8, 4) is 0 Å². The summed E-state index contributed by atoms with van der Waals surface area (Å²) in [5.74, 6) is -0.230. The molecule has 1 N–H and O–H groups in total. The molecule has 0 radical (unpaired) electrons. The van der Waals surface area contributed by atoms with Gasteiger partial charge in [0.2, 0.25) is 5.95 Å². The summed E-state index contributed by atoms with van der Waals surface area (Å²) in [7, 11) is 1.79. The molecule has 78 valence electrons. The average Bonchev–Trinajstić information content (AvgIpc) is 2.59. The number of aryl methyl sites for hydroxylation is 1. The molecule has 2 heterocycles. The van der Waals surface area contributed by atoms with Crippen LogP contribution in [-0.2, 0) is 7.05 Å². The molecular formula is C8H7BrFN5. The number of nitrogens with zero attached hydrogens (tertiary/aromatic N) is 4. The Labute approximate surface area is 93.5 Å². The van der Waals surface area contributed by atoms with E-state index in [1.807, 2.05) is 0 Å². The van der Waals surface area contributed by atoms with Crippen molar-refractivity contribution in [2.45, 2.75) is 0 Å². The van der Waals surface area contributed by atoms with Crippen molar-refractivity contribution < 1.29 is 4.39 Å². The monoisotopic (exact) mass is 271 g/mol. The molecule has 15 heavy (non-hydrogen) atoms. The van der Waals surface area contributed by atoms with Crippen molar-refractivity contribution in [3.63, 3.8) is 0 Å². The first-order valence-electron chi connectivity index (χ1n) is 4.08. The maximum atomic E-state index is 13.0. The summed E-state index contributed by atoms with van der Waals surface area (Å²) in [6.45, 7) is 0. The van der Waals surface area contributed by atoms with Crippen LogP contribution in [0.1, 0.15) is 0 Å².